The van der Waals surface area contributed by atoms with Crippen molar-refractivity contribution in [2.75, 3.05) is 16.8 Å². The van der Waals surface area contributed by atoms with Crippen LogP contribution in [0.1, 0.15) is 42.5 Å². The van der Waals surface area contributed by atoms with Crippen molar-refractivity contribution in [2.24, 2.45) is 5.73 Å². The maximum Gasteiger partial charge on any atom is 0.312 e. The second kappa shape index (κ2) is 10.3. The van der Waals surface area contributed by atoms with Crippen LogP contribution in [-0.2, 0) is 9.59 Å². The highest BCUT2D eigenvalue weighted by Gasteiger charge is 2.23. The van der Waals surface area contributed by atoms with E-state index in [4.69, 9.17) is 16.2 Å². The summed E-state index contributed by atoms with van der Waals surface area (Å²) in [6.45, 7) is 7.96. The smallest absolute Gasteiger partial charge is 0.312 e. The summed E-state index contributed by atoms with van der Waals surface area (Å²) in [5.41, 5.74) is 10.3. The van der Waals surface area contributed by atoms with Gasteiger partial charge in [-0.1, -0.05) is 11.8 Å². The third-order valence-electron chi connectivity index (χ3n) is 4.69. The highest BCUT2D eigenvalue weighted by Crippen LogP contribution is 2.26. The van der Waals surface area contributed by atoms with E-state index in [1.54, 1.807) is 12.1 Å². The standard InChI is InChI=1S/C24H28N4O3/c1-15(2)28(22(29)14-23(30)31)21-13-16(3)19(12-17(21)4)6-5-11-27-20-9-7-18(8-10-20)24(25)26/h7-10,12-13,15,27H,11,14H2,1-4H3,(H3,25,26)(H,30,31). The number of nitrogens with two attached hydrogens (primary N) is 1. The molecule has 2 aromatic carbocycles. The molecule has 0 saturated carbocycles. The molecular weight excluding hydrogens is 392 g/mol. The van der Waals surface area contributed by atoms with E-state index in [1.807, 2.05) is 52.0 Å². The number of amidine groups is 1. The lowest BCUT2D eigenvalue weighted by atomic mass is 10.0. The molecule has 0 fully saturated rings. The molecule has 0 atom stereocenters. The molecule has 31 heavy (non-hydrogen) atoms. The van der Waals surface area contributed by atoms with Gasteiger partial charge in [0.2, 0.25) is 5.91 Å². The molecule has 0 saturated heterocycles. The van der Waals surface area contributed by atoms with Crippen LogP contribution in [0.2, 0.25) is 0 Å². The first-order valence-electron chi connectivity index (χ1n) is 9.92. The Morgan fingerprint density at radius 3 is 2.35 bits per heavy atom. The van der Waals surface area contributed by atoms with Crippen molar-refractivity contribution in [1.82, 2.24) is 0 Å². The van der Waals surface area contributed by atoms with Gasteiger partial charge in [0.05, 0.1) is 6.54 Å². The first-order chi connectivity index (χ1) is 14.6. The number of rotatable bonds is 7. The number of carboxylic acids is 1. The van der Waals surface area contributed by atoms with Crippen LogP contribution in [0.3, 0.4) is 0 Å². The Bertz CT molecular complexity index is 1050. The quantitative estimate of drug-likeness (QED) is 0.237. The van der Waals surface area contributed by atoms with Crippen LogP contribution in [0, 0.1) is 31.1 Å². The molecule has 2 aromatic rings. The van der Waals surface area contributed by atoms with Crippen LogP contribution >= 0.6 is 0 Å². The lowest BCUT2D eigenvalue weighted by Crippen LogP contribution is -2.38. The molecule has 0 aliphatic carbocycles. The molecule has 2 rings (SSSR count). The van der Waals surface area contributed by atoms with Gasteiger partial charge in [0, 0.05) is 28.5 Å². The van der Waals surface area contributed by atoms with E-state index < -0.39 is 18.3 Å². The molecule has 0 aliphatic heterocycles. The van der Waals surface area contributed by atoms with E-state index in [-0.39, 0.29) is 11.9 Å². The molecule has 0 heterocycles. The van der Waals surface area contributed by atoms with Crippen molar-refractivity contribution in [1.29, 1.82) is 5.41 Å². The van der Waals surface area contributed by atoms with E-state index in [0.717, 1.165) is 22.4 Å². The number of aryl methyl sites for hydroxylation is 2. The van der Waals surface area contributed by atoms with Crippen LogP contribution in [0.25, 0.3) is 0 Å². The minimum absolute atomic E-state index is 0.0290. The molecule has 0 unspecified atom stereocenters. The van der Waals surface area contributed by atoms with Crippen molar-refractivity contribution in [3.63, 3.8) is 0 Å². The number of hydrogen-bond donors (Lipinski definition) is 4. The van der Waals surface area contributed by atoms with Gasteiger partial charge in [-0.2, -0.15) is 0 Å². The average molecular weight is 421 g/mol. The molecule has 0 spiro atoms. The number of benzene rings is 2. The summed E-state index contributed by atoms with van der Waals surface area (Å²) < 4.78 is 0. The van der Waals surface area contributed by atoms with Crippen LogP contribution < -0.4 is 16.0 Å². The molecule has 162 valence electrons. The fourth-order valence-corrected chi connectivity index (χ4v) is 3.16. The van der Waals surface area contributed by atoms with Gasteiger partial charge in [0.25, 0.3) is 0 Å². The van der Waals surface area contributed by atoms with Crippen LogP contribution in [-0.4, -0.2) is 35.4 Å². The maximum atomic E-state index is 12.4. The zero-order valence-electron chi connectivity index (χ0n) is 18.2. The Morgan fingerprint density at radius 2 is 1.81 bits per heavy atom. The summed E-state index contributed by atoms with van der Waals surface area (Å²) in [5, 5.41) is 19.6. The topological polar surface area (TPSA) is 120 Å². The molecule has 7 heteroatoms. The molecule has 0 aromatic heterocycles. The number of amides is 1. The second-order valence-electron chi connectivity index (χ2n) is 7.53. The van der Waals surface area contributed by atoms with E-state index in [9.17, 15) is 9.59 Å². The van der Waals surface area contributed by atoms with Gasteiger partial charge in [-0.15, -0.1) is 0 Å². The van der Waals surface area contributed by atoms with E-state index >= 15 is 0 Å². The molecule has 0 bridgehead atoms. The van der Waals surface area contributed by atoms with Gasteiger partial charge in [-0.25, -0.2) is 0 Å². The van der Waals surface area contributed by atoms with Gasteiger partial charge in [-0.3, -0.25) is 15.0 Å². The number of carbonyl (C=O) groups is 2. The molecule has 7 nitrogen and oxygen atoms in total. The lowest BCUT2D eigenvalue weighted by molar-refractivity contribution is -0.140. The largest absolute Gasteiger partial charge is 0.481 e. The third-order valence-corrected chi connectivity index (χ3v) is 4.69. The number of nitrogens with one attached hydrogen (secondary N) is 2. The molecule has 5 N–H and O–H groups in total. The maximum absolute atomic E-state index is 12.4. The van der Waals surface area contributed by atoms with Crippen molar-refractivity contribution in [3.8, 4) is 11.8 Å². The van der Waals surface area contributed by atoms with Crippen molar-refractivity contribution in [2.45, 2.75) is 40.2 Å². The predicted molar refractivity (Wildman–Crippen MR) is 124 cm³/mol. The first kappa shape index (κ1) is 23.5. The Labute approximate surface area is 182 Å². The fraction of sp³-hybridized carbons (Fsp3) is 0.292. The molecule has 0 aliphatic rings. The van der Waals surface area contributed by atoms with E-state index in [1.165, 1.54) is 4.90 Å². The monoisotopic (exact) mass is 420 g/mol. The first-order valence-corrected chi connectivity index (χ1v) is 9.92. The van der Waals surface area contributed by atoms with E-state index in [2.05, 4.69) is 17.2 Å². The van der Waals surface area contributed by atoms with Crippen molar-refractivity contribution < 1.29 is 14.7 Å². The number of carbonyl (C=O) groups excluding carboxylic acids is 1. The molecule has 1 amide bonds. The zero-order valence-corrected chi connectivity index (χ0v) is 18.2. The van der Waals surface area contributed by atoms with Crippen LogP contribution in [0.5, 0.6) is 0 Å². The Hall–Kier alpha value is -3.79. The minimum atomic E-state index is -1.14. The number of hydrogen-bond acceptors (Lipinski definition) is 4. The number of anilines is 2. The average Bonchev–Trinajstić information content (AvgIpc) is 2.68. The Kier molecular flexibility index (Phi) is 7.81. The second-order valence-corrected chi connectivity index (χ2v) is 7.53. The summed E-state index contributed by atoms with van der Waals surface area (Å²) in [6.07, 6.45) is -0.544. The Balaban J connectivity index is 2.15. The van der Waals surface area contributed by atoms with Crippen molar-refractivity contribution >= 4 is 29.1 Å². The number of aliphatic carboxylic acids is 1. The normalized spacial score (nSPS) is 10.2. The van der Waals surface area contributed by atoms with Gasteiger partial charge < -0.3 is 21.1 Å². The zero-order chi connectivity index (χ0) is 23.1. The van der Waals surface area contributed by atoms with Gasteiger partial charge in [0.15, 0.2) is 0 Å². The fourth-order valence-electron chi connectivity index (χ4n) is 3.16. The van der Waals surface area contributed by atoms with E-state index in [0.29, 0.717) is 17.8 Å². The van der Waals surface area contributed by atoms with Crippen molar-refractivity contribution in [3.05, 3.63) is 58.7 Å². The van der Waals surface area contributed by atoms with Crippen LogP contribution in [0.4, 0.5) is 11.4 Å². The summed E-state index contributed by atoms with van der Waals surface area (Å²) in [5.74, 6) is 4.68. The number of nitrogens with zero attached hydrogens (tertiary/aromatic N) is 1. The summed E-state index contributed by atoms with van der Waals surface area (Å²) >= 11 is 0. The Morgan fingerprint density at radius 1 is 1.16 bits per heavy atom. The minimum Gasteiger partial charge on any atom is -0.481 e. The predicted octanol–water partition coefficient (Wildman–Crippen LogP) is 3.27. The van der Waals surface area contributed by atoms with Crippen LogP contribution in [0.15, 0.2) is 36.4 Å². The number of carboxylic acid groups (broad SMARTS) is 1. The van der Waals surface area contributed by atoms with Gasteiger partial charge >= 0.3 is 5.97 Å². The highest BCUT2D eigenvalue weighted by atomic mass is 16.4. The summed E-state index contributed by atoms with van der Waals surface area (Å²) in [6, 6.07) is 10.9. The summed E-state index contributed by atoms with van der Waals surface area (Å²) in [7, 11) is 0. The van der Waals surface area contributed by atoms with Gasteiger partial charge in [0.1, 0.15) is 12.3 Å². The number of nitrogen functional groups attached to an aromatic ring is 1. The lowest BCUT2D eigenvalue weighted by Gasteiger charge is -2.28. The highest BCUT2D eigenvalue weighted by molar-refractivity contribution is 6.03. The third kappa shape index (κ3) is 6.34. The SMILES string of the molecule is Cc1cc(N(C(=O)CC(=O)O)C(C)C)c(C)cc1C#CCNc1ccc(C(=N)N)cc1. The molecular formula is C24H28N4O3. The van der Waals surface area contributed by atoms with Gasteiger partial charge in [-0.05, 0) is 75.2 Å². The summed E-state index contributed by atoms with van der Waals surface area (Å²) in [4.78, 5) is 24.9. The molecule has 0 radical (unpaired) electrons.